The van der Waals surface area contributed by atoms with Gasteiger partial charge in [0.2, 0.25) is 0 Å². The molecular weight excluding hydrogens is 310 g/mol. The molecule has 0 spiro atoms. The molecule has 0 aromatic heterocycles. The molecule has 0 radical (unpaired) electrons. The zero-order chi connectivity index (χ0) is 16.7. The predicted molar refractivity (Wildman–Crippen MR) is 85.8 cm³/mol. The van der Waals surface area contributed by atoms with E-state index >= 15 is 0 Å². The standard InChI is InChI=1S/C18H11NO5/c20-17-14-8-1-4-11-5-2-9-15(16(11)14)18(24-17)23-13-7-3-6-12(10-13)19(21)22/h1-10,18H. The molecule has 3 aromatic rings. The molecule has 1 atom stereocenters. The maximum atomic E-state index is 12.2. The van der Waals surface area contributed by atoms with Crippen LogP contribution < -0.4 is 4.74 Å². The van der Waals surface area contributed by atoms with E-state index in [-0.39, 0.29) is 11.4 Å². The Balaban J connectivity index is 1.78. The Labute approximate surface area is 136 Å². The zero-order valence-corrected chi connectivity index (χ0v) is 12.3. The Morgan fingerprint density at radius 3 is 2.58 bits per heavy atom. The van der Waals surface area contributed by atoms with E-state index in [9.17, 15) is 14.9 Å². The van der Waals surface area contributed by atoms with E-state index in [0.717, 1.165) is 10.8 Å². The number of hydrogen-bond acceptors (Lipinski definition) is 5. The van der Waals surface area contributed by atoms with Crippen LogP contribution in [0.3, 0.4) is 0 Å². The van der Waals surface area contributed by atoms with Crippen LogP contribution in [-0.4, -0.2) is 10.9 Å². The van der Waals surface area contributed by atoms with Crippen LogP contribution in [0, 0.1) is 10.1 Å². The van der Waals surface area contributed by atoms with Crippen molar-refractivity contribution >= 4 is 22.4 Å². The number of esters is 1. The molecule has 24 heavy (non-hydrogen) atoms. The lowest BCUT2D eigenvalue weighted by Gasteiger charge is -2.26. The summed E-state index contributed by atoms with van der Waals surface area (Å²) in [5, 5.41) is 12.6. The highest BCUT2D eigenvalue weighted by Crippen LogP contribution is 2.36. The molecule has 1 heterocycles. The molecule has 1 unspecified atom stereocenters. The normalized spacial score (nSPS) is 15.8. The number of carbonyl (C=O) groups is 1. The largest absolute Gasteiger partial charge is 0.450 e. The summed E-state index contributed by atoms with van der Waals surface area (Å²) in [7, 11) is 0. The first kappa shape index (κ1) is 14.2. The van der Waals surface area contributed by atoms with E-state index in [1.807, 2.05) is 24.3 Å². The van der Waals surface area contributed by atoms with Crippen molar-refractivity contribution in [2.45, 2.75) is 6.29 Å². The molecule has 0 aliphatic carbocycles. The minimum atomic E-state index is -0.946. The number of hydrogen-bond donors (Lipinski definition) is 0. The van der Waals surface area contributed by atoms with Crippen LogP contribution >= 0.6 is 0 Å². The van der Waals surface area contributed by atoms with Gasteiger partial charge in [-0.2, -0.15) is 0 Å². The summed E-state index contributed by atoms with van der Waals surface area (Å²) in [4.78, 5) is 22.6. The molecule has 118 valence electrons. The summed E-state index contributed by atoms with van der Waals surface area (Å²) in [5.41, 5.74) is 1.12. The van der Waals surface area contributed by atoms with Gasteiger partial charge in [0.1, 0.15) is 5.75 Å². The average molecular weight is 321 g/mol. The number of non-ortho nitro benzene ring substituents is 1. The summed E-state index contributed by atoms with van der Waals surface area (Å²) >= 11 is 0. The number of nitro benzene ring substituents is 1. The van der Waals surface area contributed by atoms with Crippen LogP contribution in [0.15, 0.2) is 60.7 Å². The highest BCUT2D eigenvalue weighted by molar-refractivity contribution is 6.07. The van der Waals surface area contributed by atoms with Crippen LogP contribution in [0.5, 0.6) is 5.75 Å². The molecule has 3 aromatic carbocycles. The molecule has 0 fully saturated rings. The Hall–Kier alpha value is -3.41. The summed E-state index contributed by atoms with van der Waals surface area (Å²) in [6, 6.07) is 16.8. The molecule has 0 saturated heterocycles. The molecule has 0 N–H and O–H groups in total. The van der Waals surface area contributed by atoms with Gasteiger partial charge in [-0.1, -0.05) is 36.4 Å². The van der Waals surface area contributed by atoms with Crippen molar-refractivity contribution in [3.63, 3.8) is 0 Å². The van der Waals surface area contributed by atoms with E-state index in [1.54, 1.807) is 18.2 Å². The van der Waals surface area contributed by atoms with Crippen molar-refractivity contribution in [2.75, 3.05) is 0 Å². The first-order chi connectivity index (χ1) is 11.6. The average Bonchev–Trinajstić information content (AvgIpc) is 2.59. The predicted octanol–water partition coefficient (Wildman–Crippen LogP) is 4.00. The highest BCUT2D eigenvalue weighted by atomic mass is 16.7. The Kier molecular flexibility index (Phi) is 3.16. The van der Waals surface area contributed by atoms with Crippen molar-refractivity contribution in [1.29, 1.82) is 0 Å². The van der Waals surface area contributed by atoms with E-state index < -0.39 is 17.2 Å². The van der Waals surface area contributed by atoms with Crippen molar-refractivity contribution in [1.82, 2.24) is 0 Å². The second-order valence-electron chi connectivity index (χ2n) is 5.36. The topological polar surface area (TPSA) is 78.7 Å². The van der Waals surface area contributed by atoms with Gasteiger partial charge >= 0.3 is 5.97 Å². The fraction of sp³-hybridized carbons (Fsp3) is 0.0556. The fourth-order valence-corrected chi connectivity index (χ4v) is 2.84. The Bertz CT molecular complexity index is 977. The molecule has 1 aliphatic rings. The van der Waals surface area contributed by atoms with Gasteiger partial charge < -0.3 is 9.47 Å². The maximum absolute atomic E-state index is 12.2. The number of cyclic esters (lactones) is 1. The summed E-state index contributed by atoms with van der Waals surface area (Å²) < 4.78 is 11.1. The lowest BCUT2D eigenvalue weighted by molar-refractivity contribution is -0.385. The van der Waals surface area contributed by atoms with Gasteiger partial charge in [0.15, 0.2) is 0 Å². The first-order valence-electron chi connectivity index (χ1n) is 7.27. The minimum absolute atomic E-state index is 0.0896. The first-order valence-corrected chi connectivity index (χ1v) is 7.27. The van der Waals surface area contributed by atoms with Gasteiger partial charge in [0.25, 0.3) is 12.0 Å². The third-order valence-electron chi connectivity index (χ3n) is 3.90. The number of nitro groups is 1. The monoisotopic (exact) mass is 321 g/mol. The van der Waals surface area contributed by atoms with Gasteiger partial charge in [0, 0.05) is 17.0 Å². The van der Waals surface area contributed by atoms with E-state index in [1.165, 1.54) is 18.2 Å². The summed E-state index contributed by atoms with van der Waals surface area (Å²) in [5.74, 6) is -0.215. The van der Waals surface area contributed by atoms with Gasteiger partial charge in [0.05, 0.1) is 16.6 Å². The molecular formula is C18H11NO5. The molecule has 6 heteroatoms. The maximum Gasteiger partial charge on any atom is 0.342 e. The van der Waals surface area contributed by atoms with Crippen LogP contribution in [0.25, 0.3) is 10.8 Å². The van der Waals surface area contributed by atoms with E-state index in [4.69, 9.17) is 9.47 Å². The van der Waals surface area contributed by atoms with Crippen molar-refractivity contribution in [2.24, 2.45) is 0 Å². The smallest absolute Gasteiger partial charge is 0.342 e. The van der Waals surface area contributed by atoms with Crippen molar-refractivity contribution in [3.8, 4) is 5.75 Å². The van der Waals surface area contributed by atoms with Gasteiger partial charge in [-0.15, -0.1) is 0 Å². The third kappa shape index (κ3) is 2.25. The lowest BCUT2D eigenvalue weighted by Crippen LogP contribution is -2.22. The van der Waals surface area contributed by atoms with Crippen LogP contribution in [0.2, 0.25) is 0 Å². The van der Waals surface area contributed by atoms with Crippen molar-refractivity contribution in [3.05, 3.63) is 81.9 Å². The third-order valence-corrected chi connectivity index (χ3v) is 3.90. The molecule has 0 saturated carbocycles. The molecule has 4 rings (SSSR count). The Morgan fingerprint density at radius 2 is 1.79 bits per heavy atom. The van der Waals surface area contributed by atoms with Gasteiger partial charge in [-0.05, 0) is 17.5 Å². The molecule has 0 bridgehead atoms. The van der Waals surface area contributed by atoms with Gasteiger partial charge in [-0.3, -0.25) is 10.1 Å². The van der Waals surface area contributed by atoms with Crippen LogP contribution in [0.1, 0.15) is 22.2 Å². The molecule has 1 aliphatic heterocycles. The summed E-state index contributed by atoms with van der Waals surface area (Å²) in [6.07, 6.45) is -0.946. The van der Waals surface area contributed by atoms with Crippen LogP contribution in [-0.2, 0) is 4.74 Å². The lowest BCUT2D eigenvalue weighted by atomic mass is 9.97. The van der Waals surface area contributed by atoms with Crippen LogP contribution in [0.4, 0.5) is 5.69 Å². The number of benzene rings is 3. The number of rotatable bonds is 3. The second kappa shape index (κ2) is 5.34. The number of carbonyl (C=O) groups excluding carboxylic acids is 1. The number of nitrogens with zero attached hydrogens (tertiary/aromatic N) is 1. The Morgan fingerprint density at radius 1 is 1.04 bits per heavy atom. The van der Waals surface area contributed by atoms with Gasteiger partial charge in [-0.25, -0.2) is 4.79 Å². The minimum Gasteiger partial charge on any atom is -0.450 e. The zero-order valence-electron chi connectivity index (χ0n) is 12.3. The summed E-state index contributed by atoms with van der Waals surface area (Å²) in [6.45, 7) is 0. The SMILES string of the molecule is O=C1OC(Oc2cccc([N+](=O)[O-])c2)c2cccc3cccc1c23. The molecule has 6 nitrogen and oxygen atoms in total. The second-order valence-corrected chi connectivity index (χ2v) is 5.36. The molecule has 0 amide bonds. The highest BCUT2D eigenvalue weighted by Gasteiger charge is 2.30. The fourth-order valence-electron chi connectivity index (χ4n) is 2.84. The van der Waals surface area contributed by atoms with E-state index in [0.29, 0.717) is 11.1 Å². The van der Waals surface area contributed by atoms with Crippen molar-refractivity contribution < 1.29 is 19.2 Å². The quantitative estimate of drug-likeness (QED) is 0.414. The van der Waals surface area contributed by atoms with E-state index in [2.05, 4.69) is 0 Å². The number of ether oxygens (including phenoxy) is 2.